The highest BCUT2D eigenvalue weighted by molar-refractivity contribution is 6.40. The minimum atomic E-state index is -0.978. The van der Waals surface area contributed by atoms with E-state index in [0.717, 1.165) is 25.5 Å². The molecule has 0 bridgehead atoms. The minimum absolute atomic E-state index is 0.0385. The number of aromatic nitrogens is 2. The van der Waals surface area contributed by atoms with E-state index in [9.17, 15) is 9.59 Å². The third-order valence-corrected chi connectivity index (χ3v) is 4.02. The fourth-order valence-electron chi connectivity index (χ4n) is 2.07. The smallest absolute Gasteiger partial charge is 0.381 e. The van der Waals surface area contributed by atoms with Crippen LogP contribution in [0.1, 0.15) is 35.8 Å². The van der Waals surface area contributed by atoms with Gasteiger partial charge in [0.05, 0.1) is 20.3 Å². The van der Waals surface area contributed by atoms with Gasteiger partial charge in [0.1, 0.15) is 5.69 Å². The van der Waals surface area contributed by atoms with Crippen LogP contribution >= 0.6 is 23.2 Å². The quantitative estimate of drug-likeness (QED) is 0.299. The SMILES string of the molecule is CCCCOc1cc(C(=O)C(=O)OC)nn1Cc1ccc(Cl)cc1Cl. The molecular formula is C17H18Cl2N2O4. The number of carbonyl (C=O) groups excluding carboxylic acids is 2. The van der Waals surface area contributed by atoms with Crippen molar-refractivity contribution in [2.75, 3.05) is 13.7 Å². The van der Waals surface area contributed by atoms with Gasteiger partial charge in [-0.1, -0.05) is 42.6 Å². The van der Waals surface area contributed by atoms with E-state index < -0.39 is 11.8 Å². The molecule has 1 aromatic carbocycles. The molecule has 0 radical (unpaired) electrons. The molecule has 134 valence electrons. The monoisotopic (exact) mass is 384 g/mol. The van der Waals surface area contributed by atoms with Crippen molar-refractivity contribution < 1.29 is 19.1 Å². The topological polar surface area (TPSA) is 70.4 Å². The highest BCUT2D eigenvalue weighted by Crippen LogP contribution is 2.24. The Balaban J connectivity index is 2.31. The van der Waals surface area contributed by atoms with Crippen molar-refractivity contribution in [3.63, 3.8) is 0 Å². The summed E-state index contributed by atoms with van der Waals surface area (Å²) in [5, 5.41) is 5.17. The maximum atomic E-state index is 12.0. The molecule has 0 saturated heterocycles. The highest BCUT2D eigenvalue weighted by atomic mass is 35.5. The molecule has 0 aliphatic rings. The van der Waals surface area contributed by atoms with Gasteiger partial charge < -0.3 is 9.47 Å². The number of Topliss-reactive ketones (excluding diaryl/α,β-unsaturated/α-hetero) is 1. The zero-order valence-electron chi connectivity index (χ0n) is 13.9. The molecule has 0 fully saturated rings. The Morgan fingerprint density at radius 3 is 2.64 bits per heavy atom. The number of unbranched alkanes of at least 4 members (excludes halogenated alkanes) is 1. The Morgan fingerprint density at radius 2 is 2.00 bits per heavy atom. The average molecular weight is 385 g/mol. The molecule has 25 heavy (non-hydrogen) atoms. The van der Waals surface area contributed by atoms with E-state index >= 15 is 0 Å². The lowest BCUT2D eigenvalue weighted by Gasteiger charge is -2.10. The van der Waals surface area contributed by atoms with Crippen LogP contribution in [0.5, 0.6) is 5.88 Å². The summed E-state index contributed by atoms with van der Waals surface area (Å²) in [4.78, 5) is 23.4. The first-order valence-corrected chi connectivity index (χ1v) is 8.49. The molecule has 1 heterocycles. The van der Waals surface area contributed by atoms with Crippen molar-refractivity contribution in [3.8, 4) is 5.88 Å². The van der Waals surface area contributed by atoms with Gasteiger partial charge in [-0.3, -0.25) is 4.79 Å². The van der Waals surface area contributed by atoms with Gasteiger partial charge in [0.25, 0.3) is 5.78 Å². The van der Waals surface area contributed by atoms with Gasteiger partial charge in [0, 0.05) is 16.1 Å². The van der Waals surface area contributed by atoms with E-state index in [2.05, 4.69) is 9.84 Å². The summed E-state index contributed by atoms with van der Waals surface area (Å²) < 4.78 is 11.6. The predicted octanol–water partition coefficient (Wildman–Crippen LogP) is 3.77. The summed E-state index contributed by atoms with van der Waals surface area (Å²) in [5.74, 6) is -1.43. The lowest BCUT2D eigenvalue weighted by Crippen LogP contribution is -2.16. The lowest BCUT2D eigenvalue weighted by molar-refractivity contribution is -0.135. The van der Waals surface area contributed by atoms with E-state index in [1.54, 1.807) is 18.2 Å². The fraction of sp³-hybridized carbons (Fsp3) is 0.353. The summed E-state index contributed by atoms with van der Waals surface area (Å²) >= 11 is 12.1. The molecule has 0 saturated carbocycles. The van der Waals surface area contributed by atoms with Crippen molar-refractivity contribution >= 4 is 35.0 Å². The second-order valence-corrected chi connectivity index (χ2v) is 6.13. The van der Waals surface area contributed by atoms with Crippen LogP contribution in [0.25, 0.3) is 0 Å². The number of methoxy groups -OCH3 is 1. The number of hydrogen-bond donors (Lipinski definition) is 0. The summed E-state index contributed by atoms with van der Waals surface area (Å²) in [6.07, 6.45) is 1.82. The van der Waals surface area contributed by atoms with Crippen molar-refractivity contribution in [1.82, 2.24) is 9.78 Å². The molecule has 2 aromatic rings. The van der Waals surface area contributed by atoms with E-state index in [1.807, 2.05) is 6.92 Å². The van der Waals surface area contributed by atoms with Gasteiger partial charge in [-0.25, -0.2) is 9.48 Å². The molecule has 0 N–H and O–H groups in total. The number of hydrogen-bond acceptors (Lipinski definition) is 5. The Morgan fingerprint density at radius 1 is 1.24 bits per heavy atom. The molecule has 0 spiro atoms. The maximum Gasteiger partial charge on any atom is 0.381 e. The molecule has 1 aromatic heterocycles. The molecule has 0 unspecified atom stereocenters. The minimum Gasteiger partial charge on any atom is -0.478 e. The summed E-state index contributed by atoms with van der Waals surface area (Å²) in [7, 11) is 1.14. The van der Waals surface area contributed by atoms with Crippen LogP contribution in [-0.4, -0.2) is 35.2 Å². The van der Waals surface area contributed by atoms with Crippen LogP contribution in [0.2, 0.25) is 10.0 Å². The van der Waals surface area contributed by atoms with Gasteiger partial charge in [0.15, 0.2) is 0 Å². The molecular weight excluding hydrogens is 367 g/mol. The largest absolute Gasteiger partial charge is 0.478 e. The van der Waals surface area contributed by atoms with Gasteiger partial charge in [-0.2, -0.15) is 5.10 Å². The maximum absolute atomic E-state index is 12.0. The molecule has 2 rings (SSSR count). The number of esters is 1. The zero-order chi connectivity index (χ0) is 18.4. The van der Waals surface area contributed by atoms with E-state index in [4.69, 9.17) is 27.9 Å². The van der Waals surface area contributed by atoms with E-state index in [-0.39, 0.29) is 12.2 Å². The first-order chi connectivity index (χ1) is 12.0. The Kier molecular flexibility index (Phi) is 6.84. The fourth-order valence-corrected chi connectivity index (χ4v) is 2.54. The zero-order valence-corrected chi connectivity index (χ0v) is 15.4. The lowest BCUT2D eigenvalue weighted by atomic mass is 10.2. The van der Waals surface area contributed by atoms with Crippen LogP contribution in [0.15, 0.2) is 24.3 Å². The summed E-state index contributed by atoms with van der Waals surface area (Å²) in [5.41, 5.74) is 0.718. The van der Waals surface area contributed by atoms with Crippen LogP contribution in [0, 0.1) is 0 Å². The highest BCUT2D eigenvalue weighted by Gasteiger charge is 2.23. The number of halogens is 2. The van der Waals surface area contributed by atoms with Crippen LogP contribution in [-0.2, 0) is 16.1 Å². The van der Waals surface area contributed by atoms with Crippen molar-refractivity contribution in [2.24, 2.45) is 0 Å². The van der Waals surface area contributed by atoms with Crippen molar-refractivity contribution in [2.45, 2.75) is 26.3 Å². The molecule has 8 heteroatoms. The molecule has 0 aliphatic heterocycles. The second kappa shape index (κ2) is 8.87. The standard InChI is InChI=1S/C17H18Cl2N2O4/c1-3-4-7-25-15-9-14(16(22)17(23)24-2)20-21(15)10-11-5-6-12(18)8-13(11)19/h5-6,8-9H,3-4,7,10H2,1-2H3. The predicted molar refractivity (Wildman–Crippen MR) is 94.5 cm³/mol. The third-order valence-electron chi connectivity index (χ3n) is 3.43. The Bertz CT molecular complexity index is 774. The number of carbonyl (C=O) groups is 2. The Hall–Kier alpha value is -2.05. The van der Waals surface area contributed by atoms with Gasteiger partial charge in [-0.15, -0.1) is 0 Å². The summed E-state index contributed by atoms with van der Waals surface area (Å²) in [6.45, 7) is 2.79. The number of ether oxygens (including phenoxy) is 2. The Labute approximate surface area is 155 Å². The number of rotatable bonds is 8. The first kappa shape index (κ1) is 19.3. The summed E-state index contributed by atoms with van der Waals surface area (Å²) in [6, 6.07) is 6.53. The van der Waals surface area contributed by atoms with Gasteiger partial charge in [0.2, 0.25) is 5.88 Å². The van der Waals surface area contributed by atoms with Crippen LogP contribution in [0.3, 0.4) is 0 Å². The van der Waals surface area contributed by atoms with E-state index in [1.165, 1.54) is 10.7 Å². The van der Waals surface area contributed by atoms with E-state index in [0.29, 0.717) is 22.5 Å². The molecule has 0 atom stereocenters. The molecule has 0 amide bonds. The third kappa shape index (κ3) is 4.96. The van der Waals surface area contributed by atoms with Gasteiger partial charge >= 0.3 is 5.97 Å². The number of nitrogens with zero attached hydrogens (tertiary/aromatic N) is 2. The van der Waals surface area contributed by atoms with Crippen LogP contribution in [0.4, 0.5) is 0 Å². The molecule has 6 nitrogen and oxygen atoms in total. The number of benzene rings is 1. The second-order valence-electron chi connectivity index (χ2n) is 5.28. The normalized spacial score (nSPS) is 10.6. The van der Waals surface area contributed by atoms with Crippen LogP contribution < -0.4 is 4.74 Å². The van der Waals surface area contributed by atoms with Crippen molar-refractivity contribution in [1.29, 1.82) is 0 Å². The number of ketones is 1. The van der Waals surface area contributed by atoms with Crippen molar-refractivity contribution in [3.05, 3.63) is 45.6 Å². The average Bonchev–Trinajstić information content (AvgIpc) is 2.99. The first-order valence-electron chi connectivity index (χ1n) is 7.73. The van der Waals surface area contributed by atoms with Gasteiger partial charge in [-0.05, 0) is 24.1 Å². The molecule has 0 aliphatic carbocycles.